The number of nitrogens with zero attached hydrogens (tertiary/aromatic N) is 2. The Bertz CT molecular complexity index is 1010. The van der Waals surface area contributed by atoms with Crippen LogP contribution in [0.3, 0.4) is 0 Å². The third-order valence-corrected chi connectivity index (χ3v) is 4.06. The molecule has 1 heterocycles. The zero-order valence-corrected chi connectivity index (χ0v) is 14.7. The second kappa shape index (κ2) is 7.26. The molecule has 3 aromatic rings. The van der Waals surface area contributed by atoms with Gasteiger partial charge in [0, 0.05) is 6.07 Å². The van der Waals surface area contributed by atoms with Gasteiger partial charge in [-0.3, -0.25) is 9.36 Å². The molecule has 0 saturated heterocycles. The molecule has 0 unspecified atom stereocenters. The fourth-order valence-corrected chi connectivity index (χ4v) is 2.66. The van der Waals surface area contributed by atoms with Crippen LogP contribution in [0.15, 0.2) is 47.5 Å². The van der Waals surface area contributed by atoms with Gasteiger partial charge < -0.3 is 14.2 Å². The van der Waals surface area contributed by atoms with E-state index in [1.165, 1.54) is 32.2 Å². The number of methoxy groups -OCH3 is 3. The van der Waals surface area contributed by atoms with Gasteiger partial charge in [-0.15, -0.1) is 0 Å². The van der Waals surface area contributed by atoms with E-state index in [1.807, 2.05) is 0 Å². The number of rotatable bonds is 5. The van der Waals surface area contributed by atoms with E-state index in [-0.39, 0.29) is 5.56 Å². The molecule has 3 rings (SSSR count). The number of ether oxygens (including phenoxy) is 3. The highest BCUT2D eigenvalue weighted by Crippen LogP contribution is 2.29. The van der Waals surface area contributed by atoms with Gasteiger partial charge in [0.05, 0.1) is 50.7 Å². The average molecular weight is 354 g/mol. The molecular weight excluding hydrogens is 336 g/mol. The van der Waals surface area contributed by atoms with Gasteiger partial charge in [0.2, 0.25) is 0 Å². The minimum absolute atomic E-state index is 0.187. The molecule has 0 atom stereocenters. The van der Waals surface area contributed by atoms with E-state index in [9.17, 15) is 9.59 Å². The number of benzene rings is 2. The van der Waals surface area contributed by atoms with Crippen molar-refractivity contribution in [1.82, 2.24) is 9.55 Å². The molecule has 0 radical (unpaired) electrons. The Hall–Kier alpha value is -3.35. The van der Waals surface area contributed by atoms with Gasteiger partial charge in [0.1, 0.15) is 0 Å². The summed E-state index contributed by atoms with van der Waals surface area (Å²) in [6, 6.07) is 10.2. The SMILES string of the molecule is COC(=O)c1ccc(Cn2cnc3cc(OC)c(OC)cc3c2=O)cc1. The predicted molar refractivity (Wildman–Crippen MR) is 96.0 cm³/mol. The van der Waals surface area contributed by atoms with Crippen molar-refractivity contribution in [3.63, 3.8) is 0 Å². The first-order valence-corrected chi connectivity index (χ1v) is 7.85. The topological polar surface area (TPSA) is 79.7 Å². The number of esters is 1. The van der Waals surface area contributed by atoms with Crippen LogP contribution in [0.2, 0.25) is 0 Å². The molecule has 0 aliphatic carbocycles. The monoisotopic (exact) mass is 354 g/mol. The highest BCUT2D eigenvalue weighted by molar-refractivity contribution is 5.89. The van der Waals surface area contributed by atoms with Crippen LogP contribution in [0.1, 0.15) is 15.9 Å². The highest BCUT2D eigenvalue weighted by Gasteiger charge is 2.11. The quantitative estimate of drug-likeness (QED) is 0.654. The van der Waals surface area contributed by atoms with Gasteiger partial charge >= 0.3 is 5.97 Å². The van der Waals surface area contributed by atoms with Gasteiger partial charge in [-0.05, 0) is 23.8 Å². The zero-order chi connectivity index (χ0) is 18.7. The molecule has 1 aromatic heterocycles. The molecule has 0 spiro atoms. The second-order valence-electron chi connectivity index (χ2n) is 5.59. The molecule has 0 saturated carbocycles. The van der Waals surface area contributed by atoms with E-state index in [0.29, 0.717) is 34.5 Å². The van der Waals surface area contributed by atoms with Crippen molar-refractivity contribution in [2.75, 3.05) is 21.3 Å². The average Bonchev–Trinajstić information content (AvgIpc) is 2.69. The third kappa shape index (κ3) is 3.23. The summed E-state index contributed by atoms with van der Waals surface area (Å²) in [6.45, 7) is 0.331. The van der Waals surface area contributed by atoms with E-state index >= 15 is 0 Å². The zero-order valence-electron chi connectivity index (χ0n) is 14.7. The second-order valence-corrected chi connectivity index (χ2v) is 5.59. The maximum Gasteiger partial charge on any atom is 0.337 e. The van der Waals surface area contributed by atoms with Crippen LogP contribution in [-0.4, -0.2) is 36.8 Å². The van der Waals surface area contributed by atoms with Crippen LogP contribution >= 0.6 is 0 Å². The van der Waals surface area contributed by atoms with Crippen LogP contribution in [-0.2, 0) is 11.3 Å². The Morgan fingerprint density at radius 2 is 1.69 bits per heavy atom. The molecule has 134 valence electrons. The largest absolute Gasteiger partial charge is 0.493 e. The Kier molecular flexibility index (Phi) is 4.88. The number of fused-ring (bicyclic) bond motifs is 1. The number of hydrogen-bond acceptors (Lipinski definition) is 6. The fourth-order valence-electron chi connectivity index (χ4n) is 2.66. The molecule has 7 heteroatoms. The first-order valence-electron chi connectivity index (χ1n) is 7.85. The van der Waals surface area contributed by atoms with Gasteiger partial charge in [0.15, 0.2) is 11.5 Å². The van der Waals surface area contributed by atoms with Crippen LogP contribution in [0.25, 0.3) is 10.9 Å². The molecule has 0 aliphatic heterocycles. The molecule has 0 aliphatic rings. The van der Waals surface area contributed by atoms with Crippen molar-refractivity contribution in [3.8, 4) is 11.5 Å². The minimum atomic E-state index is -0.401. The Morgan fingerprint density at radius 1 is 1.04 bits per heavy atom. The van der Waals surface area contributed by atoms with Crippen molar-refractivity contribution in [1.29, 1.82) is 0 Å². The number of carbonyl (C=O) groups excluding carboxylic acids is 1. The summed E-state index contributed by atoms with van der Waals surface area (Å²) in [7, 11) is 4.38. The molecule has 0 amide bonds. The lowest BCUT2D eigenvalue weighted by Gasteiger charge is -2.11. The first kappa shape index (κ1) is 17.5. The van der Waals surface area contributed by atoms with Crippen LogP contribution < -0.4 is 15.0 Å². The summed E-state index contributed by atoms with van der Waals surface area (Å²) in [5.41, 5.74) is 1.66. The van der Waals surface area contributed by atoms with Crippen molar-refractivity contribution in [3.05, 3.63) is 64.2 Å². The van der Waals surface area contributed by atoms with Gasteiger partial charge in [-0.25, -0.2) is 9.78 Å². The Balaban J connectivity index is 1.97. The molecule has 0 bridgehead atoms. The van der Waals surface area contributed by atoms with Gasteiger partial charge in [-0.2, -0.15) is 0 Å². The highest BCUT2D eigenvalue weighted by atomic mass is 16.5. The molecule has 0 N–H and O–H groups in total. The van der Waals surface area contributed by atoms with E-state index in [4.69, 9.17) is 9.47 Å². The lowest BCUT2D eigenvalue weighted by atomic mass is 10.1. The summed E-state index contributed by atoms with van der Waals surface area (Å²) < 4.78 is 16.7. The van der Waals surface area contributed by atoms with Gasteiger partial charge in [-0.1, -0.05) is 12.1 Å². The normalized spacial score (nSPS) is 10.6. The molecule has 0 fully saturated rings. The lowest BCUT2D eigenvalue weighted by Crippen LogP contribution is -2.21. The fraction of sp³-hybridized carbons (Fsp3) is 0.211. The number of hydrogen-bond donors (Lipinski definition) is 0. The lowest BCUT2D eigenvalue weighted by molar-refractivity contribution is 0.0600. The Morgan fingerprint density at radius 3 is 2.31 bits per heavy atom. The van der Waals surface area contributed by atoms with Crippen LogP contribution in [0.5, 0.6) is 11.5 Å². The molecule has 2 aromatic carbocycles. The smallest absolute Gasteiger partial charge is 0.337 e. The molecule has 26 heavy (non-hydrogen) atoms. The summed E-state index contributed by atoms with van der Waals surface area (Å²) in [5, 5.41) is 0.441. The van der Waals surface area contributed by atoms with E-state index in [0.717, 1.165) is 5.56 Å². The predicted octanol–water partition coefficient (Wildman–Crippen LogP) is 2.25. The standard InChI is InChI=1S/C19H18N2O5/c1-24-16-8-14-15(9-17(16)25-2)20-11-21(18(14)22)10-12-4-6-13(7-5-12)19(23)26-3/h4-9,11H,10H2,1-3H3. The van der Waals surface area contributed by atoms with Crippen molar-refractivity contribution < 1.29 is 19.0 Å². The Labute approximate surface area is 149 Å². The molecule has 7 nitrogen and oxygen atoms in total. The van der Waals surface area contributed by atoms with Crippen molar-refractivity contribution in [2.45, 2.75) is 6.54 Å². The van der Waals surface area contributed by atoms with E-state index in [1.54, 1.807) is 36.4 Å². The van der Waals surface area contributed by atoms with Crippen LogP contribution in [0.4, 0.5) is 0 Å². The van der Waals surface area contributed by atoms with Crippen molar-refractivity contribution >= 4 is 16.9 Å². The summed E-state index contributed by atoms with van der Waals surface area (Å²) in [4.78, 5) is 28.6. The maximum absolute atomic E-state index is 12.8. The number of aromatic nitrogens is 2. The summed E-state index contributed by atoms with van der Waals surface area (Å²) in [6.07, 6.45) is 1.49. The summed E-state index contributed by atoms with van der Waals surface area (Å²) >= 11 is 0. The maximum atomic E-state index is 12.8. The minimum Gasteiger partial charge on any atom is -0.493 e. The number of carbonyl (C=O) groups is 1. The van der Waals surface area contributed by atoms with Gasteiger partial charge in [0.25, 0.3) is 5.56 Å². The van der Waals surface area contributed by atoms with E-state index < -0.39 is 5.97 Å². The van der Waals surface area contributed by atoms with E-state index in [2.05, 4.69) is 9.72 Å². The van der Waals surface area contributed by atoms with Crippen molar-refractivity contribution in [2.24, 2.45) is 0 Å². The van der Waals surface area contributed by atoms with Crippen LogP contribution in [0, 0.1) is 0 Å². The summed E-state index contributed by atoms with van der Waals surface area (Å²) in [5.74, 6) is 0.587. The third-order valence-electron chi connectivity index (χ3n) is 4.06. The molecular formula is C19H18N2O5. The first-order chi connectivity index (χ1) is 12.6.